The van der Waals surface area contributed by atoms with Gasteiger partial charge < -0.3 is 5.73 Å². The predicted molar refractivity (Wildman–Crippen MR) is 89.0 cm³/mol. The summed E-state index contributed by atoms with van der Waals surface area (Å²) in [5.74, 6) is 0. The number of hydrogen-bond donors (Lipinski definition) is 2. The Morgan fingerprint density at radius 3 is 2.53 bits per heavy atom. The molecule has 1 aromatic carbocycles. The molecule has 0 radical (unpaired) electrons. The summed E-state index contributed by atoms with van der Waals surface area (Å²) < 4.78 is 1.16. The fourth-order valence-electron chi connectivity index (χ4n) is 1.49. The fraction of sp³-hybridized carbons (Fsp3) is 0. The second kappa shape index (κ2) is 6.58. The van der Waals surface area contributed by atoms with E-state index in [-0.39, 0.29) is 5.11 Å². The number of hydrazone groups is 1. The Morgan fingerprint density at radius 1 is 1.21 bits per heavy atom. The van der Waals surface area contributed by atoms with E-state index in [9.17, 15) is 0 Å². The van der Waals surface area contributed by atoms with Gasteiger partial charge in [-0.2, -0.15) is 5.10 Å². The molecule has 1 heterocycles. The highest BCUT2D eigenvalue weighted by molar-refractivity contribution is 14.1. The van der Waals surface area contributed by atoms with Gasteiger partial charge in [-0.05, 0) is 59.1 Å². The minimum absolute atomic E-state index is 0.124. The molecule has 0 aliphatic heterocycles. The number of nitrogens with zero attached hydrogens (tertiary/aromatic N) is 2. The van der Waals surface area contributed by atoms with Crippen molar-refractivity contribution in [2.75, 3.05) is 0 Å². The lowest BCUT2D eigenvalue weighted by molar-refractivity contribution is 1.03. The summed E-state index contributed by atoms with van der Waals surface area (Å²) in [4.78, 5) is 4.30. The number of nitrogens with one attached hydrogen (secondary N) is 1. The van der Waals surface area contributed by atoms with Crippen LogP contribution in [0, 0.1) is 3.57 Å². The number of thiocarbonyl (C=S) groups is 1. The van der Waals surface area contributed by atoms with Crippen LogP contribution in [0.3, 0.4) is 0 Å². The maximum absolute atomic E-state index is 5.41. The third kappa shape index (κ3) is 3.97. The van der Waals surface area contributed by atoms with Crippen LogP contribution in [-0.4, -0.2) is 15.8 Å². The van der Waals surface area contributed by atoms with E-state index < -0.39 is 0 Å². The molecule has 19 heavy (non-hydrogen) atoms. The highest BCUT2D eigenvalue weighted by Crippen LogP contribution is 2.11. The van der Waals surface area contributed by atoms with E-state index >= 15 is 0 Å². The van der Waals surface area contributed by atoms with Crippen LogP contribution >= 0.6 is 34.8 Å². The molecule has 3 N–H and O–H groups in total. The fourth-order valence-corrected chi connectivity index (χ4v) is 1.90. The smallest absolute Gasteiger partial charge is 0.184 e. The molecule has 2 aromatic rings. The Kier molecular flexibility index (Phi) is 4.80. The number of pyridine rings is 1. The van der Waals surface area contributed by atoms with Gasteiger partial charge in [0.2, 0.25) is 0 Å². The van der Waals surface area contributed by atoms with E-state index in [1.807, 2.05) is 42.5 Å². The van der Waals surface area contributed by atoms with Gasteiger partial charge in [-0.1, -0.05) is 18.2 Å². The summed E-state index contributed by atoms with van der Waals surface area (Å²) in [6.45, 7) is 0. The first-order valence-electron chi connectivity index (χ1n) is 5.47. The molecule has 0 aliphatic rings. The maximum atomic E-state index is 5.41. The zero-order valence-electron chi connectivity index (χ0n) is 9.88. The molecule has 1 aromatic heterocycles. The van der Waals surface area contributed by atoms with Crippen LogP contribution in [0.2, 0.25) is 0 Å². The summed E-state index contributed by atoms with van der Waals surface area (Å²) in [7, 11) is 0. The van der Waals surface area contributed by atoms with E-state index in [1.54, 1.807) is 6.20 Å². The molecule has 0 amide bonds. The van der Waals surface area contributed by atoms with Crippen LogP contribution in [0.1, 0.15) is 11.3 Å². The van der Waals surface area contributed by atoms with Crippen molar-refractivity contribution in [2.24, 2.45) is 10.8 Å². The molecule has 0 spiro atoms. The lowest BCUT2D eigenvalue weighted by Gasteiger charge is -2.07. The summed E-state index contributed by atoms with van der Waals surface area (Å²) in [6, 6.07) is 13.6. The molecule has 0 saturated heterocycles. The van der Waals surface area contributed by atoms with Crippen LogP contribution in [0.15, 0.2) is 53.8 Å². The largest absolute Gasteiger partial charge is 0.375 e. The Bertz CT molecular complexity index is 596. The third-order valence-corrected chi connectivity index (χ3v) is 3.11. The Hall–Kier alpha value is -1.54. The molecule has 0 fully saturated rings. The first kappa shape index (κ1) is 13.9. The lowest BCUT2D eigenvalue weighted by atomic mass is 10.1. The van der Waals surface area contributed by atoms with Gasteiger partial charge in [0.25, 0.3) is 0 Å². The maximum Gasteiger partial charge on any atom is 0.184 e. The van der Waals surface area contributed by atoms with Gasteiger partial charge in [0.1, 0.15) is 5.71 Å². The summed E-state index contributed by atoms with van der Waals surface area (Å²) in [6.07, 6.45) is 1.72. The Balaban J connectivity index is 2.43. The second-order valence-corrected chi connectivity index (χ2v) is 5.34. The molecular formula is C13H11IN4S. The lowest BCUT2D eigenvalue weighted by Crippen LogP contribution is -2.26. The normalized spacial score (nSPS) is 11.1. The molecule has 6 heteroatoms. The number of aromatic nitrogens is 1. The SMILES string of the molecule is NC(=S)N/N=C(\c1ccc(I)cc1)c1ccccn1. The molecule has 0 unspecified atom stereocenters. The average Bonchev–Trinajstić information content (AvgIpc) is 2.42. The number of nitrogens with two attached hydrogens (primary N) is 1. The number of hydrogen-bond acceptors (Lipinski definition) is 3. The predicted octanol–water partition coefficient (Wildman–Crippen LogP) is 2.27. The van der Waals surface area contributed by atoms with Crippen molar-refractivity contribution in [3.8, 4) is 0 Å². The molecule has 0 atom stereocenters. The van der Waals surface area contributed by atoms with Gasteiger partial charge in [0.15, 0.2) is 5.11 Å². The van der Waals surface area contributed by atoms with E-state index in [4.69, 9.17) is 18.0 Å². The van der Waals surface area contributed by atoms with Crippen molar-refractivity contribution in [2.45, 2.75) is 0 Å². The Labute approximate surface area is 130 Å². The van der Waals surface area contributed by atoms with E-state index in [1.165, 1.54) is 0 Å². The van der Waals surface area contributed by atoms with Crippen LogP contribution < -0.4 is 11.2 Å². The Morgan fingerprint density at radius 2 is 1.95 bits per heavy atom. The summed E-state index contributed by atoms with van der Waals surface area (Å²) in [5.41, 5.74) is 10.4. The zero-order valence-corrected chi connectivity index (χ0v) is 12.9. The van der Waals surface area contributed by atoms with Crippen molar-refractivity contribution in [1.82, 2.24) is 10.4 Å². The second-order valence-electron chi connectivity index (χ2n) is 3.66. The van der Waals surface area contributed by atoms with Crippen LogP contribution in [0.25, 0.3) is 0 Å². The van der Waals surface area contributed by atoms with E-state index in [0.29, 0.717) is 5.71 Å². The number of halogens is 1. The third-order valence-electron chi connectivity index (χ3n) is 2.30. The highest BCUT2D eigenvalue weighted by atomic mass is 127. The van der Waals surface area contributed by atoms with E-state index in [2.05, 4.69) is 38.1 Å². The van der Waals surface area contributed by atoms with E-state index in [0.717, 1.165) is 14.8 Å². The van der Waals surface area contributed by atoms with Crippen molar-refractivity contribution in [3.63, 3.8) is 0 Å². The first-order valence-corrected chi connectivity index (χ1v) is 6.96. The van der Waals surface area contributed by atoms with Crippen LogP contribution in [0.4, 0.5) is 0 Å². The number of benzene rings is 1. The number of rotatable bonds is 3. The monoisotopic (exact) mass is 382 g/mol. The molecule has 0 saturated carbocycles. The summed E-state index contributed by atoms with van der Waals surface area (Å²) in [5, 5.41) is 4.35. The van der Waals surface area contributed by atoms with Gasteiger partial charge in [0.05, 0.1) is 5.69 Å². The van der Waals surface area contributed by atoms with Gasteiger partial charge >= 0.3 is 0 Å². The summed E-state index contributed by atoms with van der Waals surface area (Å²) >= 11 is 7.03. The van der Waals surface area contributed by atoms with Crippen LogP contribution in [0.5, 0.6) is 0 Å². The molecule has 96 valence electrons. The molecule has 4 nitrogen and oxygen atoms in total. The molecule has 2 rings (SSSR count). The first-order chi connectivity index (χ1) is 9.16. The minimum atomic E-state index is 0.124. The van der Waals surface area contributed by atoms with Gasteiger partial charge in [-0.25, -0.2) is 0 Å². The van der Waals surface area contributed by atoms with Crippen molar-refractivity contribution < 1.29 is 0 Å². The molecular weight excluding hydrogens is 371 g/mol. The van der Waals surface area contributed by atoms with Gasteiger partial charge in [-0.15, -0.1) is 0 Å². The van der Waals surface area contributed by atoms with Gasteiger partial charge in [-0.3, -0.25) is 10.4 Å². The van der Waals surface area contributed by atoms with Crippen molar-refractivity contribution in [3.05, 3.63) is 63.5 Å². The zero-order chi connectivity index (χ0) is 13.7. The van der Waals surface area contributed by atoms with Crippen molar-refractivity contribution in [1.29, 1.82) is 0 Å². The average molecular weight is 382 g/mol. The highest BCUT2D eigenvalue weighted by Gasteiger charge is 2.08. The quantitative estimate of drug-likeness (QED) is 0.370. The standard InChI is InChI=1S/C13H11IN4S/c14-10-6-4-9(5-7-10)12(17-18-13(15)19)11-3-1-2-8-16-11/h1-8H,(H3,15,18,19)/b17-12+. The minimum Gasteiger partial charge on any atom is -0.375 e. The van der Waals surface area contributed by atoms with Crippen LogP contribution in [-0.2, 0) is 0 Å². The van der Waals surface area contributed by atoms with Gasteiger partial charge in [0, 0.05) is 15.3 Å². The molecule has 0 bridgehead atoms. The topological polar surface area (TPSA) is 63.3 Å². The van der Waals surface area contributed by atoms with Crippen molar-refractivity contribution >= 4 is 45.6 Å². The molecule has 0 aliphatic carbocycles.